The van der Waals surface area contributed by atoms with Crippen LogP contribution >= 0.6 is 0 Å². The lowest BCUT2D eigenvalue weighted by Crippen LogP contribution is -2.02. The number of nitrogens with zero attached hydrogens (tertiary/aromatic N) is 2. The van der Waals surface area contributed by atoms with Crippen LogP contribution in [-0.4, -0.2) is 10.4 Å². The minimum absolute atomic E-state index is 0.0963. The van der Waals surface area contributed by atoms with Crippen molar-refractivity contribution in [3.63, 3.8) is 0 Å². The number of allylic oxidation sites excluding steroid dienone is 1. The monoisotopic (exact) mass is 464 g/mol. The van der Waals surface area contributed by atoms with E-state index in [2.05, 4.69) is 72.2 Å². The highest BCUT2D eigenvalue weighted by molar-refractivity contribution is 6.14. The van der Waals surface area contributed by atoms with E-state index in [4.69, 9.17) is 0 Å². The number of ketones is 1. The smallest absolute Gasteiger partial charge is 0.203 e. The van der Waals surface area contributed by atoms with Gasteiger partial charge in [-0.3, -0.25) is 4.79 Å². The second-order valence-electron chi connectivity index (χ2n) is 8.60. The Hall–Kier alpha value is -4.94. The van der Waals surface area contributed by atoms with E-state index in [1.165, 1.54) is 5.56 Å². The van der Waals surface area contributed by atoms with Gasteiger partial charge in [0.05, 0.1) is 11.4 Å². The summed E-state index contributed by atoms with van der Waals surface area (Å²) >= 11 is 0. The number of hydrogen-bond donors (Lipinski definition) is 0. The average Bonchev–Trinajstić information content (AvgIpc) is 3.32. The van der Waals surface area contributed by atoms with Gasteiger partial charge < -0.3 is 4.57 Å². The third-order valence-corrected chi connectivity index (χ3v) is 6.14. The van der Waals surface area contributed by atoms with Crippen molar-refractivity contribution < 1.29 is 4.79 Å². The maximum Gasteiger partial charge on any atom is 0.203 e. The minimum atomic E-state index is -0.290. The molecule has 0 atom stereocenters. The summed E-state index contributed by atoms with van der Waals surface area (Å²) in [6, 6.07) is 41.8. The van der Waals surface area contributed by atoms with Crippen LogP contribution in [-0.2, 0) is 0 Å². The highest BCUT2D eigenvalue weighted by Gasteiger charge is 2.20. The van der Waals surface area contributed by atoms with Gasteiger partial charge >= 0.3 is 0 Å². The molecule has 0 amide bonds. The van der Waals surface area contributed by atoms with Gasteiger partial charge in [0.15, 0.2) is 0 Å². The molecular weight excluding hydrogens is 440 g/mol. The number of benzene rings is 4. The molecule has 0 spiro atoms. The highest BCUT2D eigenvalue weighted by atomic mass is 16.1. The Bertz CT molecular complexity index is 1570. The van der Waals surface area contributed by atoms with E-state index < -0.39 is 0 Å². The quantitative estimate of drug-likeness (QED) is 0.146. The summed E-state index contributed by atoms with van der Waals surface area (Å²) in [7, 11) is 0. The first-order valence-corrected chi connectivity index (χ1v) is 11.8. The van der Waals surface area contributed by atoms with E-state index in [-0.39, 0.29) is 11.4 Å². The van der Waals surface area contributed by atoms with E-state index in [1.807, 2.05) is 42.5 Å². The number of rotatable bonds is 6. The van der Waals surface area contributed by atoms with Gasteiger partial charge in [0.1, 0.15) is 11.6 Å². The summed E-state index contributed by atoms with van der Waals surface area (Å²) < 4.78 is 2.21. The molecule has 0 N–H and O–H groups in total. The number of nitriles is 1. The van der Waals surface area contributed by atoms with Gasteiger partial charge in [0.25, 0.3) is 0 Å². The van der Waals surface area contributed by atoms with Crippen molar-refractivity contribution in [3.8, 4) is 34.3 Å². The molecule has 3 heteroatoms. The van der Waals surface area contributed by atoms with E-state index in [0.717, 1.165) is 33.8 Å². The van der Waals surface area contributed by atoms with Crippen LogP contribution in [0.3, 0.4) is 0 Å². The van der Waals surface area contributed by atoms with Gasteiger partial charge in [-0.15, -0.1) is 0 Å². The van der Waals surface area contributed by atoms with Gasteiger partial charge in [-0.05, 0) is 42.3 Å². The lowest BCUT2D eigenvalue weighted by molar-refractivity contribution is 0.104. The first kappa shape index (κ1) is 22.8. The molecule has 5 rings (SSSR count). The Morgan fingerprint density at radius 3 is 1.89 bits per heavy atom. The van der Waals surface area contributed by atoms with Crippen LogP contribution in [0.2, 0.25) is 0 Å². The van der Waals surface area contributed by atoms with Gasteiger partial charge in [0, 0.05) is 16.8 Å². The Labute approximate surface area is 211 Å². The van der Waals surface area contributed by atoms with Gasteiger partial charge in [0.2, 0.25) is 5.78 Å². The van der Waals surface area contributed by atoms with Crippen LogP contribution < -0.4 is 0 Å². The number of aryl methyl sites for hydroxylation is 1. The Kier molecular flexibility index (Phi) is 6.42. The predicted molar refractivity (Wildman–Crippen MR) is 146 cm³/mol. The summed E-state index contributed by atoms with van der Waals surface area (Å²) in [5, 5.41) is 9.98. The molecule has 0 aliphatic heterocycles. The SMILES string of the molecule is Cc1ccc(-n2c(-c3ccccc3)cc(/C=C(\C#N)C(=O)c3ccccc3)c2-c2ccccc2)cc1. The topological polar surface area (TPSA) is 45.8 Å². The summed E-state index contributed by atoms with van der Waals surface area (Å²) in [6.07, 6.45) is 1.72. The molecule has 0 radical (unpaired) electrons. The van der Waals surface area contributed by atoms with Crippen molar-refractivity contribution in [1.29, 1.82) is 5.26 Å². The van der Waals surface area contributed by atoms with Crippen LogP contribution in [0.25, 0.3) is 34.3 Å². The fourth-order valence-corrected chi connectivity index (χ4v) is 4.36. The maximum atomic E-state index is 13.2. The van der Waals surface area contributed by atoms with Crippen LogP contribution in [0.4, 0.5) is 0 Å². The fraction of sp³-hybridized carbons (Fsp3) is 0.0303. The zero-order valence-corrected chi connectivity index (χ0v) is 19.9. The van der Waals surface area contributed by atoms with Crippen molar-refractivity contribution in [2.75, 3.05) is 0 Å². The van der Waals surface area contributed by atoms with E-state index in [0.29, 0.717) is 5.56 Å². The number of aromatic nitrogens is 1. The molecule has 3 nitrogen and oxygen atoms in total. The molecule has 172 valence electrons. The van der Waals surface area contributed by atoms with Crippen molar-refractivity contribution >= 4 is 11.9 Å². The Morgan fingerprint density at radius 2 is 1.31 bits per heavy atom. The lowest BCUT2D eigenvalue weighted by atomic mass is 10.00. The van der Waals surface area contributed by atoms with Gasteiger partial charge in [-0.1, -0.05) is 109 Å². The molecule has 0 fully saturated rings. The van der Waals surface area contributed by atoms with Gasteiger partial charge in [-0.2, -0.15) is 5.26 Å². The fourth-order valence-electron chi connectivity index (χ4n) is 4.36. The number of carbonyl (C=O) groups excluding carboxylic acids is 1. The Morgan fingerprint density at radius 1 is 0.750 bits per heavy atom. The van der Waals surface area contributed by atoms with Crippen LogP contribution in [0.1, 0.15) is 21.5 Å². The van der Waals surface area contributed by atoms with E-state index in [1.54, 1.807) is 30.3 Å². The summed E-state index contributed by atoms with van der Waals surface area (Å²) in [4.78, 5) is 13.2. The molecule has 0 unspecified atom stereocenters. The first-order valence-electron chi connectivity index (χ1n) is 11.8. The molecule has 4 aromatic carbocycles. The third kappa shape index (κ3) is 4.53. The largest absolute Gasteiger partial charge is 0.309 e. The highest BCUT2D eigenvalue weighted by Crippen LogP contribution is 2.37. The van der Waals surface area contributed by atoms with E-state index >= 15 is 0 Å². The summed E-state index contributed by atoms with van der Waals surface area (Å²) in [5.41, 5.74) is 7.52. The molecule has 0 bridgehead atoms. The van der Waals surface area contributed by atoms with Crippen LogP contribution in [0.15, 0.2) is 127 Å². The standard InChI is InChI=1S/C33H24N2O/c1-24-17-19-30(20-18-24)35-31(25-11-5-2-6-12-25)22-28(32(35)26-13-7-3-8-14-26)21-29(23-34)33(36)27-15-9-4-10-16-27/h2-22H,1H3/b29-21+. The third-order valence-electron chi connectivity index (χ3n) is 6.14. The number of Topliss-reactive ketones (excluding diaryl/α,β-unsaturated/α-hetero) is 1. The normalized spacial score (nSPS) is 11.2. The van der Waals surface area contributed by atoms with Gasteiger partial charge in [-0.25, -0.2) is 0 Å². The predicted octanol–water partition coefficient (Wildman–Crippen LogP) is 7.91. The van der Waals surface area contributed by atoms with Crippen molar-refractivity contribution in [1.82, 2.24) is 4.57 Å². The number of hydrogen-bond acceptors (Lipinski definition) is 2. The second kappa shape index (κ2) is 10.1. The summed E-state index contributed by atoms with van der Waals surface area (Å²) in [6.45, 7) is 2.07. The average molecular weight is 465 g/mol. The molecule has 0 saturated heterocycles. The molecule has 36 heavy (non-hydrogen) atoms. The Balaban J connectivity index is 1.80. The zero-order valence-electron chi connectivity index (χ0n) is 19.9. The molecule has 0 saturated carbocycles. The summed E-state index contributed by atoms with van der Waals surface area (Å²) in [5.74, 6) is -0.290. The molecule has 0 aliphatic rings. The molecule has 5 aromatic rings. The van der Waals surface area contributed by atoms with Crippen molar-refractivity contribution in [2.45, 2.75) is 6.92 Å². The maximum absolute atomic E-state index is 13.2. The van der Waals surface area contributed by atoms with Crippen molar-refractivity contribution in [3.05, 3.63) is 144 Å². The van der Waals surface area contributed by atoms with E-state index in [9.17, 15) is 10.1 Å². The van der Waals surface area contributed by atoms with Crippen LogP contribution in [0.5, 0.6) is 0 Å². The van der Waals surface area contributed by atoms with Crippen LogP contribution in [0, 0.1) is 18.3 Å². The number of carbonyl (C=O) groups is 1. The lowest BCUT2D eigenvalue weighted by Gasteiger charge is -2.15. The zero-order chi connectivity index (χ0) is 24.9. The molecule has 1 aromatic heterocycles. The molecule has 1 heterocycles. The second-order valence-corrected chi connectivity index (χ2v) is 8.60. The molecule has 0 aliphatic carbocycles. The molecular formula is C33H24N2O. The first-order chi connectivity index (χ1) is 17.7. The minimum Gasteiger partial charge on any atom is -0.309 e. The van der Waals surface area contributed by atoms with Crippen molar-refractivity contribution in [2.24, 2.45) is 0 Å².